The molecule has 0 atom stereocenters. The van der Waals surface area contributed by atoms with Crippen molar-refractivity contribution < 1.29 is 8.78 Å². The molecule has 78 valence electrons. The van der Waals surface area contributed by atoms with E-state index in [1.54, 1.807) is 0 Å². The van der Waals surface area contributed by atoms with Crippen LogP contribution in [0.3, 0.4) is 0 Å². The molecule has 0 unspecified atom stereocenters. The summed E-state index contributed by atoms with van der Waals surface area (Å²) in [5.41, 5.74) is 0.926. The zero-order valence-corrected chi connectivity index (χ0v) is 9.25. The highest BCUT2D eigenvalue weighted by molar-refractivity contribution is 8.01. The molecule has 0 spiro atoms. The van der Waals surface area contributed by atoms with Crippen molar-refractivity contribution in [2.24, 2.45) is 0 Å². The molecule has 0 saturated carbocycles. The molecule has 1 aromatic heterocycles. The number of fused-ring (bicyclic) bond motifs is 1. The van der Waals surface area contributed by atoms with Crippen LogP contribution in [0.4, 0.5) is 8.78 Å². The molecule has 1 nitrogen and oxygen atoms in total. The molecule has 0 aliphatic rings. The van der Waals surface area contributed by atoms with Crippen LogP contribution < -0.4 is 0 Å². The van der Waals surface area contributed by atoms with E-state index in [1.807, 2.05) is 24.3 Å². The Morgan fingerprint density at radius 1 is 1.40 bits per heavy atom. The van der Waals surface area contributed by atoms with Gasteiger partial charge in [0.1, 0.15) is 0 Å². The van der Waals surface area contributed by atoms with Crippen molar-refractivity contribution in [2.45, 2.75) is 4.34 Å². The third-order valence-corrected chi connectivity index (χ3v) is 3.82. The fraction of sp³-hybridized carbons (Fsp3) is 0.100. The maximum Gasteiger partial charge on any atom is 0.267 e. The monoisotopic (exact) mass is 243 g/mol. The SMILES string of the molecule is FC(F)=CCSc1nc2ccccc2s1. The van der Waals surface area contributed by atoms with E-state index in [0.717, 1.165) is 20.6 Å². The van der Waals surface area contributed by atoms with Crippen molar-refractivity contribution in [3.8, 4) is 0 Å². The molecule has 0 bridgehead atoms. The van der Waals surface area contributed by atoms with Gasteiger partial charge in [-0.3, -0.25) is 0 Å². The minimum absolute atomic E-state index is 0.266. The first kappa shape index (κ1) is 10.6. The molecule has 15 heavy (non-hydrogen) atoms. The number of hydrogen-bond acceptors (Lipinski definition) is 3. The smallest absolute Gasteiger partial charge is 0.230 e. The summed E-state index contributed by atoms with van der Waals surface area (Å²) in [5.74, 6) is 0.266. The summed E-state index contributed by atoms with van der Waals surface area (Å²) in [6, 6.07) is 7.75. The van der Waals surface area contributed by atoms with Gasteiger partial charge in [0.25, 0.3) is 6.08 Å². The third kappa shape index (κ3) is 2.76. The van der Waals surface area contributed by atoms with Gasteiger partial charge >= 0.3 is 0 Å². The topological polar surface area (TPSA) is 12.9 Å². The van der Waals surface area contributed by atoms with E-state index in [4.69, 9.17) is 0 Å². The van der Waals surface area contributed by atoms with Gasteiger partial charge in [-0.2, -0.15) is 8.78 Å². The van der Waals surface area contributed by atoms with Crippen LogP contribution in [0.15, 0.2) is 40.8 Å². The normalized spacial score (nSPS) is 10.5. The van der Waals surface area contributed by atoms with Crippen molar-refractivity contribution in [1.82, 2.24) is 4.98 Å². The van der Waals surface area contributed by atoms with Gasteiger partial charge in [0.2, 0.25) is 0 Å². The van der Waals surface area contributed by atoms with Gasteiger partial charge in [-0.25, -0.2) is 4.98 Å². The van der Waals surface area contributed by atoms with Gasteiger partial charge in [-0.15, -0.1) is 11.3 Å². The maximum atomic E-state index is 11.8. The van der Waals surface area contributed by atoms with Gasteiger partial charge in [-0.05, 0) is 18.2 Å². The second-order valence-corrected chi connectivity index (χ2v) is 5.05. The number of thiazole rings is 1. The second-order valence-electron chi connectivity index (χ2n) is 2.75. The lowest BCUT2D eigenvalue weighted by Gasteiger charge is -1.87. The van der Waals surface area contributed by atoms with E-state index in [2.05, 4.69) is 4.98 Å². The standard InChI is InChI=1S/C10H7F2NS2/c11-9(12)5-6-14-10-13-7-3-1-2-4-8(7)15-10/h1-5H,6H2. The van der Waals surface area contributed by atoms with Gasteiger partial charge in [0, 0.05) is 5.75 Å². The molecule has 0 fully saturated rings. The third-order valence-electron chi connectivity index (χ3n) is 1.72. The molecule has 0 N–H and O–H groups in total. The fourth-order valence-corrected chi connectivity index (χ4v) is 3.01. The quantitative estimate of drug-likeness (QED) is 0.750. The minimum Gasteiger partial charge on any atom is -0.230 e. The molecule has 2 aromatic rings. The molecular formula is C10H7F2NS2. The van der Waals surface area contributed by atoms with Gasteiger partial charge in [-0.1, -0.05) is 23.9 Å². The van der Waals surface area contributed by atoms with Crippen molar-refractivity contribution in [3.05, 3.63) is 36.4 Å². The molecule has 2 rings (SSSR count). The summed E-state index contributed by atoms with van der Waals surface area (Å²) in [6.07, 6.45) is -0.736. The van der Waals surface area contributed by atoms with Gasteiger partial charge in [0.05, 0.1) is 10.2 Å². The minimum atomic E-state index is -1.64. The maximum absolute atomic E-state index is 11.8. The lowest BCUT2D eigenvalue weighted by molar-refractivity contribution is 0.420. The predicted molar refractivity (Wildman–Crippen MR) is 60.6 cm³/mol. The van der Waals surface area contributed by atoms with E-state index in [1.165, 1.54) is 23.1 Å². The Balaban J connectivity index is 2.12. The van der Waals surface area contributed by atoms with Crippen LogP contribution in [0.25, 0.3) is 10.2 Å². The lowest BCUT2D eigenvalue weighted by atomic mass is 10.3. The van der Waals surface area contributed by atoms with Crippen LogP contribution in [0.2, 0.25) is 0 Å². The highest BCUT2D eigenvalue weighted by atomic mass is 32.2. The van der Waals surface area contributed by atoms with Crippen LogP contribution in [0.5, 0.6) is 0 Å². The van der Waals surface area contributed by atoms with Crippen LogP contribution in [0.1, 0.15) is 0 Å². The van der Waals surface area contributed by atoms with E-state index in [9.17, 15) is 8.78 Å². The van der Waals surface area contributed by atoms with Crippen LogP contribution in [-0.4, -0.2) is 10.7 Å². The molecular weight excluding hydrogens is 236 g/mol. The summed E-state index contributed by atoms with van der Waals surface area (Å²) in [7, 11) is 0. The Labute approximate surface area is 93.8 Å². The molecule has 1 heterocycles. The van der Waals surface area contributed by atoms with Crippen LogP contribution >= 0.6 is 23.1 Å². The van der Waals surface area contributed by atoms with E-state index < -0.39 is 6.08 Å². The van der Waals surface area contributed by atoms with E-state index in [-0.39, 0.29) is 5.75 Å². The Hall–Kier alpha value is -0.940. The average molecular weight is 243 g/mol. The molecule has 0 saturated heterocycles. The van der Waals surface area contributed by atoms with Crippen LogP contribution in [-0.2, 0) is 0 Å². The summed E-state index contributed by atoms with van der Waals surface area (Å²) < 4.78 is 25.5. The summed E-state index contributed by atoms with van der Waals surface area (Å²) in [5, 5.41) is 0. The molecule has 0 aliphatic carbocycles. The van der Waals surface area contributed by atoms with Crippen molar-refractivity contribution in [2.75, 3.05) is 5.75 Å². The summed E-state index contributed by atoms with van der Waals surface area (Å²) in [6.45, 7) is 0. The Morgan fingerprint density at radius 2 is 2.20 bits per heavy atom. The van der Waals surface area contributed by atoms with Crippen LogP contribution in [0, 0.1) is 0 Å². The van der Waals surface area contributed by atoms with E-state index >= 15 is 0 Å². The number of rotatable bonds is 3. The molecule has 0 amide bonds. The Morgan fingerprint density at radius 3 is 2.93 bits per heavy atom. The number of nitrogens with zero attached hydrogens (tertiary/aromatic N) is 1. The number of thioether (sulfide) groups is 1. The summed E-state index contributed by atoms with van der Waals surface area (Å²) in [4.78, 5) is 4.32. The largest absolute Gasteiger partial charge is 0.267 e. The number of para-hydroxylation sites is 1. The molecule has 5 heteroatoms. The zero-order valence-electron chi connectivity index (χ0n) is 7.61. The first-order valence-corrected chi connectivity index (χ1v) is 6.05. The number of benzene rings is 1. The lowest BCUT2D eigenvalue weighted by Crippen LogP contribution is -1.72. The number of halogens is 2. The van der Waals surface area contributed by atoms with E-state index in [0.29, 0.717) is 0 Å². The van der Waals surface area contributed by atoms with Crippen molar-refractivity contribution >= 4 is 33.3 Å². The van der Waals surface area contributed by atoms with Gasteiger partial charge in [0.15, 0.2) is 4.34 Å². The molecule has 0 aliphatic heterocycles. The highest BCUT2D eigenvalue weighted by Gasteiger charge is 2.02. The Bertz CT molecular complexity index is 456. The highest BCUT2D eigenvalue weighted by Crippen LogP contribution is 2.29. The molecule has 0 radical (unpaired) electrons. The predicted octanol–water partition coefficient (Wildman–Crippen LogP) is 4.17. The Kier molecular flexibility index (Phi) is 3.33. The average Bonchev–Trinajstić information content (AvgIpc) is 2.59. The second kappa shape index (κ2) is 4.72. The zero-order chi connectivity index (χ0) is 10.7. The summed E-state index contributed by atoms with van der Waals surface area (Å²) >= 11 is 2.85. The van der Waals surface area contributed by atoms with Crippen molar-refractivity contribution in [3.63, 3.8) is 0 Å². The fourth-order valence-electron chi connectivity index (χ4n) is 1.09. The number of aromatic nitrogens is 1. The first-order chi connectivity index (χ1) is 7.25. The van der Waals surface area contributed by atoms with Crippen molar-refractivity contribution in [1.29, 1.82) is 0 Å². The first-order valence-electron chi connectivity index (χ1n) is 4.25. The molecule has 1 aromatic carbocycles. The van der Waals surface area contributed by atoms with Gasteiger partial charge < -0.3 is 0 Å². The number of hydrogen-bond donors (Lipinski definition) is 0.